The zero-order valence-electron chi connectivity index (χ0n) is 14.9. The minimum absolute atomic E-state index is 0.0950. The van der Waals surface area contributed by atoms with E-state index in [0.717, 1.165) is 40.2 Å². The Balaban J connectivity index is 2.30. The van der Waals surface area contributed by atoms with E-state index >= 15 is 0 Å². The first-order chi connectivity index (χ1) is 10.7. The number of rotatable bonds is 5. The fraction of sp³-hybridized carbons (Fsp3) is 0.667. The van der Waals surface area contributed by atoms with Crippen LogP contribution in [0.1, 0.15) is 44.6 Å². The summed E-state index contributed by atoms with van der Waals surface area (Å²) in [6.07, 6.45) is 0.177. The zero-order valence-corrected chi connectivity index (χ0v) is 16.5. The average Bonchev–Trinajstić information content (AvgIpc) is 2.36. The van der Waals surface area contributed by atoms with E-state index in [0.29, 0.717) is 11.8 Å². The number of hydrogen-bond acceptors (Lipinski definition) is 4. The number of nitrogens with zero attached hydrogens (tertiary/aromatic N) is 2. The van der Waals surface area contributed by atoms with Gasteiger partial charge in [0.05, 0.1) is 28.4 Å². The van der Waals surface area contributed by atoms with Crippen LogP contribution in [0.5, 0.6) is 0 Å². The standard InChI is InChI=1S/C18H27BrN2O2/c1-10(2)14-8-21(9-14)18-15(7-16(22)23-11(3)4)12(5)20-13(6)17(18)19/h10-11,14H,7-9H2,1-6H3. The van der Waals surface area contributed by atoms with Crippen LogP contribution in [-0.2, 0) is 16.0 Å². The minimum Gasteiger partial charge on any atom is -0.463 e. The van der Waals surface area contributed by atoms with Gasteiger partial charge in [0.1, 0.15) is 0 Å². The predicted octanol–water partition coefficient (Wildman–Crippen LogP) is 4.05. The van der Waals surface area contributed by atoms with Crippen LogP contribution in [0.25, 0.3) is 0 Å². The number of anilines is 1. The normalized spacial score (nSPS) is 15.3. The number of esters is 1. The van der Waals surface area contributed by atoms with E-state index in [9.17, 15) is 4.79 Å². The monoisotopic (exact) mass is 382 g/mol. The molecule has 0 radical (unpaired) electrons. The Bertz CT molecular complexity index is 593. The number of ether oxygens (including phenoxy) is 1. The lowest BCUT2D eigenvalue weighted by molar-refractivity contribution is -0.146. The first kappa shape index (κ1) is 18.2. The molecule has 128 valence electrons. The summed E-state index contributed by atoms with van der Waals surface area (Å²) in [6, 6.07) is 0. The highest BCUT2D eigenvalue weighted by atomic mass is 79.9. The Morgan fingerprint density at radius 3 is 2.39 bits per heavy atom. The number of carbonyl (C=O) groups is 1. The summed E-state index contributed by atoms with van der Waals surface area (Å²) in [5.41, 5.74) is 3.98. The van der Waals surface area contributed by atoms with Crippen molar-refractivity contribution in [1.29, 1.82) is 0 Å². The second-order valence-corrected chi connectivity index (χ2v) is 7.84. The minimum atomic E-state index is -0.192. The zero-order chi connectivity index (χ0) is 17.3. The van der Waals surface area contributed by atoms with E-state index in [4.69, 9.17) is 4.74 Å². The molecule has 2 rings (SSSR count). The van der Waals surface area contributed by atoms with Crippen LogP contribution in [0, 0.1) is 25.7 Å². The first-order valence-corrected chi connectivity index (χ1v) is 9.10. The van der Waals surface area contributed by atoms with Gasteiger partial charge in [-0.1, -0.05) is 13.8 Å². The summed E-state index contributed by atoms with van der Waals surface area (Å²) in [5, 5.41) is 0. The summed E-state index contributed by atoms with van der Waals surface area (Å²) in [7, 11) is 0. The van der Waals surface area contributed by atoms with E-state index in [1.807, 2.05) is 27.7 Å². The van der Waals surface area contributed by atoms with Crippen LogP contribution < -0.4 is 4.90 Å². The summed E-state index contributed by atoms with van der Waals surface area (Å²) in [6.45, 7) is 14.3. The highest BCUT2D eigenvalue weighted by Gasteiger charge is 2.33. The van der Waals surface area contributed by atoms with Gasteiger partial charge in [-0.15, -0.1) is 0 Å². The number of halogens is 1. The number of hydrogen-bond donors (Lipinski definition) is 0. The van der Waals surface area contributed by atoms with Crippen LogP contribution >= 0.6 is 15.9 Å². The molecule has 0 saturated carbocycles. The quantitative estimate of drug-likeness (QED) is 0.720. The number of aryl methyl sites for hydroxylation is 2. The summed E-state index contributed by atoms with van der Waals surface area (Å²) < 4.78 is 6.32. The maximum atomic E-state index is 12.1. The molecule has 0 aromatic carbocycles. The van der Waals surface area contributed by atoms with Gasteiger partial charge in [0.15, 0.2) is 0 Å². The SMILES string of the molecule is Cc1nc(C)c(CC(=O)OC(C)C)c(N2CC(C(C)C)C2)c1Br. The van der Waals surface area contributed by atoms with Crippen LogP contribution in [0.15, 0.2) is 4.47 Å². The molecule has 23 heavy (non-hydrogen) atoms. The molecule has 1 aromatic heterocycles. The second-order valence-electron chi connectivity index (χ2n) is 7.05. The topological polar surface area (TPSA) is 42.4 Å². The van der Waals surface area contributed by atoms with E-state index in [-0.39, 0.29) is 18.5 Å². The number of carbonyl (C=O) groups excluding carboxylic acids is 1. The third kappa shape index (κ3) is 4.06. The van der Waals surface area contributed by atoms with Crippen molar-refractivity contribution in [3.05, 3.63) is 21.4 Å². The molecular weight excluding hydrogens is 356 g/mol. The van der Waals surface area contributed by atoms with Crippen molar-refractivity contribution in [2.24, 2.45) is 11.8 Å². The molecule has 0 atom stereocenters. The Hall–Kier alpha value is -1.10. The van der Waals surface area contributed by atoms with Crippen LogP contribution in [0.3, 0.4) is 0 Å². The first-order valence-electron chi connectivity index (χ1n) is 8.30. The van der Waals surface area contributed by atoms with Gasteiger partial charge in [-0.05, 0) is 55.5 Å². The molecule has 4 nitrogen and oxygen atoms in total. The van der Waals surface area contributed by atoms with Gasteiger partial charge in [-0.2, -0.15) is 0 Å². The van der Waals surface area contributed by atoms with Gasteiger partial charge < -0.3 is 9.64 Å². The van der Waals surface area contributed by atoms with Crippen LogP contribution in [0.4, 0.5) is 5.69 Å². The van der Waals surface area contributed by atoms with Crippen molar-refractivity contribution < 1.29 is 9.53 Å². The molecule has 1 saturated heterocycles. The van der Waals surface area contributed by atoms with E-state index in [1.165, 1.54) is 0 Å². The fourth-order valence-electron chi connectivity index (χ4n) is 2.95. The molecule has 1 aliphatic heterocycles. The van der Waals surface area contributed by atoms with Gasteiger partial charge in [0, 0.05) is 24.3 Å². The van der Waals surface area contributed by atoms with Gasteiger partial charge in [0.25, 0.3) is 0 Å². The molecule has 0 spiro atoms. The lowest BCUT2D eigenvalue weighted by atomic mass is 9.87. The molecule has 0 amide bonds. The molecule has 1 aromatic rings. The average molecular weight is 383 g/mol. The third-order valence-corrected chi connectivity index (χ3v) is 5.39. The molecular formula is C18H27BrN2O2. The number of aromatic nitrogens is 1. The smallest absolute Gasteiger partial charge is 0.310 e. The third-order valence-electron chi connectivity index (χ3n) is 4.44. The van der Waals surface area contributed by atoms with Crippen molar-refractivity contribution in [1.82, 2.24) is 4.98 Å². The molecule has 1 fully saturated rings. The Morgan fingerprint density at radius 1 is 1.26 bits per heavy atom. The largest absolute Gasteiger partial charge is 0.463 e. The number of pyridine rings is 1. The van der Waals surface area contributed by atoms with Gasteiger partial charge in [0.2, 0.25) is 0 Å². The predicted molar refractivity (Wildman–Crippen MR) is 96.9 cm³/mol. The summed E-state index contributed by atoms with van der Waals surface area (Å²) in [5.74, 6) is 1.21. The second kappa shape index (κ2) is 7.20. The maximum Gasteiger partial charge on any atom is 0.310 e. The highest BCUT2D eigenvalue weighted by molar-refractivity contribution is 9.10. The lowest BCUT2D eigenvalue weighted by Gasteiger charge is -2.44. The molecule has 0 bridgehead atoms. The van der Waals surface area contributed by atoms with E-state index < -0.39 is 0 Å². The maximum absolute atomic E-state index is 12.1. The van der Waals surface area contributed by atoms with Crippen molar-refractivity contribution in [2.75, 3.05) is 18.0 Å². The van der Waals surface area contributed by atoms with Crippen molar-refractivity contribution >= 4 is 27.6 Å². The van der Waals surface area contributed by atoms with Crippen molar-refractivity contribution in [2.45, 2.75) is 54.1 Å². The molecule has 0 N–H and O–H groups in total. The van der Waals surface area contributed by atoms with Crippen LogP contribution in [0.2, 0.25) is 0 Å². The van der Waals surface area contributed by atoms with Crippen molar-refractivity contribution in [3.8, 4) is 0 Å². The Kier molecular flexibility index (Phi) is 5.71. The molecule has 1 aliphatic rings. The molecule has 0 unspecified atom stereocenters. The molecule has 0 aliphatic carbocycles. The van der Waals surface area contributed by atoms with E-state index in [1.54, 1.807) is 0 Å². The van der Waals surface area contributed by atoms with E-state index in [2.05, 4.69) is 39.7 Å². The van der Waals surface area contributed by atoms with Crippen LogP contribution in [-0.4, -0.2) is 30.1 Å². The fourth-order valence-corrected chi connectivity index (χ4v) is 3.53. The van der Waals surface area contributed by atoms with Crippen molar-refractivity contribution in [3.63, 3.8) is 0 Å². The molecule has 2 heterocycles. The Labute approximate surface area is 147 Å². The highest BCUT2D eigenvalue weighted by Crippen LogP contribution is 2.39. The van der Waals surface area contributed by atoms with Gasteiger partial charge in [-0.25, -0.2) is 0 Å². The van der Waals surface area contributed by atoms with Gasteiger partial charge in [-0.3, -0.25) is 9.78 Å². The lowest BCUT2D eigenvalue weighted by Crippen LogP contribution is -2.49. The van der Waals surface area contributed by atoms with Gasteiger partial charge >= 0.3 is 5.97 Å². The Morgan fingerprint density at radius 2 is 1.87 bits per heavy atom. The molecule has 5 heteroatoms. The summed E-state index contributed by atoms with van der Waals surface area (Å²) in [4.78, 5) is 19.1. The summed E-state index contributed by atoms with van der Waals surface area (Å²) >= 11 is 3.68.